The van der Waals surface area contributed by atoms with Crippen LogP contribution in [0.5, 0.6) is 0 Å². The Bertz CT molecular complexity index is 880. The highest BCUT2D eigenvalue weighted by molar-refractivity contribution is 5.95. The predicted molar refractivity (Wildman–Crippen MR) is 92.3 cm³/mol. The maximum atomic E-state index is 13.5. The Kier molecular flexibility index (Phi) is 4.70. The Hall–Kier alpha value is -2.95. The first kappa shape index (κ1) is 15.9. The number of pyridine rings is 1. The number of fused-ring (bicyclic) bond motifs is 1. The van der Waals surface area contributed by atoms with E-state index in [1.54, 1.807) is 19.1 Å². The summed E-state index contributed by atoms with van der Waals surface area (Å²) in [6.45, 7) is 2.12. The van der Waals surface area contributed by atoms with Crippen molar-refractivity contribution in [2.24, 2.45) is 0 Å². The molecular weight excluding hydrogens is 307 g/mol. The summed E-state index contributed by atoms with van der Waals surface area (Å²) in [6.07, 6.45) is 0. The smallest absolute Gasteiger partial charge is 0.325 e. The van der Waals surface area contributed by atoms with Crippen molar-refractivity contribution in [3.63, 3.8) is 0 Å². The average molecular weight is 324 g/mol. The number of esters is 1. The van der Waals surface area contributed by atoms with E-state index >= 15 is 0 Å². The van der Waals surface area contributed by atoms with Gasteiger partial charge in [0.1, 0.15) is 18.2 Å². The molecule has 0 aliphatic carbocycles. The summed E-state index contributed by atoms with van der Waals surface area (Å²) >= 11 is 0. The van der Waals surface area contributed by atoms with Gasteiger partial charge >= 0.3 is 5.97 Å². The molecule has 5 heteroatoms. The second-order valence-corrected chi connectivity index (χ2v) is 5.25. The standard InChI is InChI=1S/C19H17FN2O2/c1-2-24-18(23)12-21-19-16-9-4-3-6-13(16)11-17(22-19)14-7-5-8-15(20)10-14/h3-11H,2,12H2,1H3,(H,21,22). The fourth-order valence-electron chi connectivity index (χ4n) is 2.50. The van der Waals surface area contributed by atoms with E-state index < -0.39 is 0 Å². The highest BCUT2D eigenvalue weighted by atomic mass is 19.1. The van der Waals surface area contributed by atoms with E-state index in [9.17, 15) is 9.18 Å². The fraction of sp³-hybridized carbons (Fsp3) is 0.158. The van der Waals surface area contributed by atoms with Crippen LogP contribution < -0.4 is 5.32 Å². The van der Waals surface area contributed by atoms with Gasteiger partial charge in [-0.05, 0) is 30.5 Å². The van der Waals surface area contributed by atoms with E-state index in [-0.39, 0.29) is 18.3 Å². The number of carbonyl (C=O) groups is 1. The van der Waals surface area contributed by atoms with Crippen LogP contribution >= 0.6 is 0 Å². The van der Waals surface area contributed by atoms with Crippen LogP contribution in [0.4, 0.5) is 10.2 Å². The molecule has 0 spiro atoms. The first-order valence-electron chi connectivity index (χ1n) is 7.72. The summed E-state index contributed by atoms with van der Waals surface area (Å²) < 4.78 is 18.4. The van der Waals surface area contributed by atoms with Crippen LogP contribution in [-0.4, -0.2) is 24.1 Å². The second-order valence-electron chi connectivity index (χ2n) is 5.25. The van der Waals surface area contributed by atoms with E-state index in [4.69, 9.17) is 4.74 Å². The Balaban J connectivity index is 2.01. The molecule has 122 valence electrons. The lowest BCUT2D eigenvalue weighted by Gasteiger charge is -2.11. The van der Waals surface area contributed by atoms with Gasteiger partial charge in [0, 0.05) is 10.9 Å². The highest BCUT2D eigenvalue weighted by Crippen LogP contribution is 2.28. The van der Waals surface area contributed by atoms with Gasteiger partial charge in [-0.1, -0.05) is 36.4 Å². The van der Waals surface area contributed by atoms with Gasteiger partial charge in [-0.15, -0.1) is 0 Å². The third-order valence-electron chi connectivity index (χ3n) is 3.57. The third-order valence-corrected chi connectivity index (χ3v) is 3.57. The van der Waals surface area contributed by atoms with Crippen LogP contribution in [0.25, 0.3) is 22.0 Å². The zero-order valence-corrected chi connectivity index (χ0v) is 13.3. The number of aromatic nitrogens is 1. The first-order valence-corrected chi connectivity index (χ1v) is 7.72. The largest absolute Gasteiger partial charge is 0.465 e. The van der Waals surface area contributed by atoms with E-state index in [0.29, 0.717) is 23.7 Å². The number of rotatable bonds is 5. The minimum atomic E-state index is -0.348. The van der Waals surface area contributed by atoms with Gasteiger partial charge in [0.15, 0.2) is 0 Å². The van der Waals surface area contributed by atoms with Gasteiger partial charge in [0.25, 0.3) is 0 Å². The summed E-state index contributed by atoms with van der Waals surface area (Å²) in [5.41, 5.74) is 1.32. The Morgan fingerprint density at radius 2 is 2.00 bits per heavy atom. The number of nitrogens with one attached hydrogen (secondary N) is 1. The lowest BCUT2D eigenvalue weighted by Crippen LogP contribution is -2.17. The molecule has 1 N–H and O–H groups in total. The van der Waals surface area contributed by atoms with Crippen LogP contribution in [0.3, 0.4) is 0 Å². The van der Waals surface area contributed by atoms with E-state index in [2.05, 4.69) is 10.3 Å². The van der Waals surface area contributed by atoms with E-state index in [1.807, 2.05) is 30.3 Å². The molecule has 4 nitrogen and oxygen atoms in total. The van der Waals surface area contributed by atoms with Crippen LogP contribution in [0, 0.1) is 5.82 Å². The molecule has 0 radical (unpaired) electrons. The minimum absolute atomic E-state index is 0.0252. The van der Waals surface area contributed by atoms with Gasteiger partial charge in [-0.2, -0.15) is 0 Å². The van der Waals surface area contributed by atoms with Gasteiger partial charge in [0.2, 0.25) is 0 Å². The maximum absolute atomic E-state index is 13.5. The molecule has 1 aromatic heterocycles. The zero-order chi connectivity index (χ0) is 16.9. The molecule has 0 bridgehead atoms. The Morgan fingerprint density at radius 3 is 2.79 bits per heavy atom. The second kappa shape index (κ2) is 7.08. The molecule has 0 atom stereocenters. The van der Waals surface area contributed by atoms with Gasteiger partial charge in [-0.3, -0.25) is 4.79 Å². The summed E-state index contributed by atoms with van der Waals surface area (Å²) in [4.78, 5) is 16.1. The quantitative estimate of drug-likeness (QED) is 0.720. The summed E-state index contributed by atoms with van der Waals surface area (Å²) in [6, 6.07) is 15.9. The minimum Gasteiger partial charge on any atom is -0.465 e. The van der Waals surface area contributed by atoms with E-state index in [1.165, 1.54) is 12.1 Å². The van der Waals surface area contributed by atoms with Crippen LogP contribution in [0.15, 0.2) is 54.6 Å². The zero-order valence-electron chi connectivity index (χ0n) is 13.3. The number of carbonyl (C=O) groups excluding carboxylic acids is 1. The molecule has 0 saturated carbocycles. The van der Waals surface area contributed by atoms with Crippen molar-refractivity contribution in [1.82, 2.24) is 4.98 Å². The first-order chi connectivity index (χ1) is 11.7. The van der Waals surface area contributed by atoms with Crippen molar-refractivity contribution in [3.8, 4) is 11.3 Å². The molecule has 3 rings (SSSR count). The molecule has 0 aliphatic rings. The average Bonchev–Trinajstić information content (AvgIpc) is 2.59. The third kappa shape index (κ3) is 3.51. The molecule has 0 saturated heterocycles. The lowest BCUT2D eigenvalue weighted by molar-refractivity contribution is -0.140. The monoisotopic (exact) mass is 324 g/mol. The van der Waals surface area contributed by atoms with Crippen molar-refractivity contribution in [1.29, 1.82) is 0 Å². The molecule has 1 heterocycles. The molecule has 0 amide bonds. The summed E-state index contributed by atoms with van der Waals surface area (Å²) in [7, 11) is 0. The molecular formula is C19H17FN2O2. The van der Waals surface area contributed by atoms with Crippen LogP contribution in [0.1, 0.15) is 6.92 Å². The molecule has 3 aromatic rings. The maximum Gasteiger partial charge on any atom is 0.325 e. The summed E-state index contributed by atoms with van der Waals surface area (Å²) in [5.74, 6) is -0.0940. The van der Waals surface area contributed by atoms with Crippen molar-refractivity contribution >= 4 is 22.6 Å². The number of hydrogen-bond acceptors (Lipinski definition) is 4. The number of anilines is 1. The highest BCUT2D eigenvalue weighted by Gasteiger charge is 2.10. The van der Waals surface area contributed by atoms with Gasteiger partial charge < -0.3 is 10.1 Å². The summed E-state index contributed by atoms with van der Waals surface area (Å²) in [5, 5.41) is 4.86. The van der Waals surface area contributed by atoms with Crippen molar-refractivity contribution in [2.75, 3.05) is 18.5 Å². The number of benzene rings is 2. The van der Waals surface area contributed by atoms with E-state index in [0.717, 1.165) is 10.8 Å². The number of halogens is 1. The van der Waals surface area contributed by atoms with Crippen molar-refractivity contribution < 1.29 is 13.9 Å². The van der Waals surface area contributed by atoms with Crippen molar-refractivity contribution in [3.05, 3.63) is 60.4 Å². The predicted octanol–water partition coefficient (Wildman–Crippen LogP) is 4.02. The van der Waals surface area contributed by atoms with Crippen molar-refractivity contribution in [2.45, 2.75) is 6.92 Å². The van der Waals surface area contributed by atoms with Gasteiger partial charge in [-0.25, -0.2) is 9.37 Å². The van der Waals surface area contributed by atoms with Crippen LogP contribution in [0.2, 0.25) is 0 Å². The molecule has 0 unspecified atom stereocenters. The fourth-order valence-corrected chi connectivity index (χ4v) is 2.50. The van der Waals surface area contributed by atoms with Gasteiger partial charge in [0.05, 0.1) is 12.3 Å². The topological polar surface area (TPSA) is 51.2 Å². The Labute approximate surface area is 139 Å². The normalized spacial score (nSPS) is 10.6. The number of ether oxygens (including phenoxy) is 1. The van der Waals surface area contributed by atoms with Crippen LogP contribution in [-0.2, 0) is 9.53 Å². The SMILES string of the molecule is CCOC(=O)CNc1nc(-c2cccc(F)c2)cc2ccccc12. The molecule has 0 fully saturated rings. The number of hydrogen-bond donors (Lipinski definition) is 1. The molecule has 0 aliphatic heterocycles. The lowest BCUT2D eigenvalue weighted by atomic mass is 10.1. The molecule has 24 heavy (non-hydrogen) atoms. The number of nitrogens with zero attached hydrogens (tertiary/aromatic N) is 1. The molecule has 2 aromatic carbocycles. The Morgan fingerprint density at radius 1 is 1.17 bits per heavy atom.